The number of benzene rings is 11. The molecular formula is C52H32. The Balaban J connectivity index is 1.36. The van der Waals surface area contributed by atoms with Crippen molar-refractivity contribution in [3.63, 3.8) is 0 Å². The second-order valence-corrected chi connectivity index (χ2v) is 13.9. The van der Waals surface area contributed by atoms with Gasteiger partial charge in [0, 0.05) is 0 Å². The van der Waals surface area contributed by atoms with E-state index in [2.05, 4.69) is 194 Å². The van der Waals surface area contributed by atoms with Crippen LogP contribution in [0.3, 0.4) is 0 Å². The van der Waals surface area contributed by atoms with Gasteiger partial charge in [0.1, 0.15) is 0 Å². The van der Waals surface area contributed by atoms with Crippen LogP contribution < -0.4 is 0 Å². The first-order valence-corrected chi connectivity index (χ1v) is 18.1. The lowest BCUT2D eigenvalue weighted by Gasteiger charge is -2.23. The summed E-state index contributed by atoms with van der Waals surface area (Å²) in [5.41, 5.74) is 9.94. The van der Waals surface area contributed by atoms with Crippen molar-refractivity contribution in [1.82, 2.24) is 0 Å². The molecular weight excluding hydrogens is 625 g/mol. The van der Waals surface area contributed by atoms with Gasteiger partial charge in [-0.25, -0.2) is 0 Å². The van der Waals surface area contributed by atoms with Crippen LogP contribution in [0, 0.1) is 0 Å². The van der Waals surface area contributed by atoms with Crippen molar-refractivity contribution in [1.29, 1.82) is 0 Å². The maximum atomic E-state index is 2.42. The van der Waals surface area contributed by atoms with E-state index in [1.807, 2.05) is 0 Å². The zero-order valence-electron chi connectivity index (χ0n) is 28.5. The molecule has 0 aliphatic heterocycles. The first kappa shape index (κ1) is 29.0. The highest BCUT2D eigenvalue weighted by Crippen LogP contribution is 2.52. The molecule has 0 saturated heterocycles. The van der Waals surface area contributed by atoms with Gasteiger partial charge in [-0.1, -0.05) is 182 Å². The van der Waals surface area contributed by atoms with Crippen LogP contribution >= 0.6 is 0 Å². The second-order valence-electron chi connectivity index (χ2n) is 13.9. The van der Waals surface area contributed by atoms with E-state index >= 15 is 0 Å². The fourth-order valence-corrected chi connectivity index (χ4v) is 8.97. The van der Waals surface area contributed by atoms with Gasteiger partial charge in [-0.15, -0.1) is 0 Å². The molecule has 0 bridgehead atoms. The third-order valence-electron chi connectivity index (χ3n) is 11.2. The highest BCUT2D eigenvalue weighted by molar-refractivity contribution is 6.44. The lowest BCUT2D eigenvalue weighted by molar-refractivity contribution is 1.58. The largest absolute Gasteiger partial charge is 0.0622 e. The van der Waals surface area contributed by atoms with E-state index in [0.717, 1.165) is 0 Å². The minimum atomic E-state index is 1.22. The molecule has 0 spiro atoms. The molecule has 0 fully saturated rings. The number of hydrogen-bond acceptors (Lipinski definition) is 0. The van der Waals surface area contributed by atoms with Crippen LogP contribution in [0.4, 0.5) is 0 Å². The Kier molecular flexibility index (Phi) is 6.35. The van der Waals surface area contributed by atoms with Gasteiger partial charge in [0.15, 0.2) is 0 Å². The first-order chi connectivity index (χ1) is 25.8. The zero-order valence-corrected chi connectivity index (χ0v) is 28.5. The average molecular weight is 657 g/mol. The predicted octanol–water partition coefficient (Wildman–Crippen LogP) is 14.7. The summed E-state index contributed by atoms with van der Waals surface area (Å²) < 4.78 is 0. The van der Waals surface area contributed by atoms with E-state index in [9.17, 15) is 0 Å². The highest BCUT2D eigenvalue weighted by atomic mass is 14.3. The van der Waals surface area contributed by atoms with Crippen molar-refractivity contribution < 1.29 is 0 Å². The predicted molar refractivity (Wildman–Crippen MR) is 224 cm³/mol. The first-order valence-electron chi connectivity index (χ1n) is 18.1. The van der Waals surface area contributed by atoms with Crippen molar-refractivity contribution in [2.75, 3.05) is 0 Å². The Morgan fingerprint density at radius 1 is 0.212 bits per heavy atom. The van der Waals surface area contributed by atoms with Crippen molar-refractivity contribution in [2.24, 2.45) is 0 Å². The van der Waals surface area contributed by atoms with Crippen LogP contribution in [0.1, 0.15) is 0 Å². The molecule has 0 unspecified atom stereocenters. The van der Waals surface area contributed by atoms with Gasteiger partial charge >= 0.3 is 0 Å². The number of hydrogen-bond donors (Lipinski definition) is 0. The summed E-state index contributed by atoms with van der Waals surface area (Å²) in [4.78, 5) is 0. The molecule has 0 nitrogen and oxygen atoms in total. The maximum absolute atomic E-state index is 2.42. The SMILES string of the molecule is c1ccc(-c2ccc(-c3ccccc3)c(-c3c4ccccc4c4c5ccc(-c6ccccc6)c6cc7ccccc7c(c7cccc3c74)c65)c2)cc1. The minimum absolute atomic E-state index is 1.22. The van der Waals surface area contributed by atoms with Crippen LogP contribution in [-0.2, 0) is 0 Å². The van der Waals surface area contributed by atoms with Crippen LogP contribution in [0.5, 0.6) is 0 Å². The standard InChI is InChI=1S/C52H32/c1-4-15-33(16-5-1)36-27-28-38(34-17-6-2-7-18-34)46(31-36)48-41-23-12-13-24-42(41)50-45-30-29-39(35-19-8-3-9-20-35)47-32-37-21-10-11-22-40(37)49(52(45)47)44-26-14-25-43(48)51(44)50/h1-32H. The normalized spacial score (nSPS) is 11.8. The lowest BCUT2D eigenvalue weighted by Crippen LogP contribution is -1.95. The van der Waals surface area contributed by atoms with Crippen LogP contribution in [0.25, 0.3) is 109 Å². The van der Waals surface area contributed by atoms with Crippen molar-refractivity contribution in [3.8, 4) is 44.5 Å². The van der Waals surface area contributed by atoms with Gasteiger partial charge in [-0.3, -0.25) is 0 Å². The lowest BCUT2D eigenvalue weighted by atomic mass is 9.80. The molecule has 240 valence electrons. The molecule has 0 saturated carbocycles. The molecule has 0 aromatic heterocycles. The topological polar surface area (TPSA) is 0 Å². The third-order valence-corrected chi connectivity index (χ3v) is 11.2. The summed E-state index contributed by atoms with van der Waals surface area (Å²) >= 11 is 0. The molecule has 0 N–H and O–H groups in total. The van der Waals surface area contributed by atoms with Crippen molar-refractivity contribution in [2.45, 2.75) is 0 Å². The fraction of sp³-hybridized carbons (Fsp3) is 0. The van der Waals surface area contributed by atoms with E-state index in [1.165, 1.54) is 109 Å². The Morgan fingerprint density at radius 2 is 0.712 bits per heavy atom. The van der Waals surface area contributed by atoms with E-state index in [-0.39, 0.29) is 0 Å². The van der Waals surface area contributed by atoms with E-state index in [0.29, 0.717) is 0 Å². The monoisotopic (exact) mass is 656 g/mol. The highest BCUT2D eigenvalue weighted by Gasteiger charge is 2.23. The Hall–Kier alpha value is -6.76. The van der Waals surface area contributed by atoms with Crippen LogP contribution in [0.15, 0.2) is 194 Å². The minimum Gasteiger partial charge on any atom is -0.0622 e. The molecule has 0 heterocycles. The molecule has 0 amide bonds. The van der Waals surface area contributed by atoms with Crippen LogP contribution in [0.2, 0.25) is 0 Å². The summed E-state index contributed by atoms with van der Waals surface area (Å²) in [6.45, 7) is 0. The molecule has 52 heavy (non-hydrogen) atoms. The smallest absolute Gasteiger partial charge is 0.00134 e. The molecule has 11 rings (SSSR count). The number of rotatable bonds is 4. The Bertz CT molecular complexity index is 3140. The van der Waals surface area contributed by atoms with Gasteiger partial charge in [-0.05, 0) is 121 Å². The maximum Gasteiger partial charge on any atom is -0.00134 e. The Labute approximate surface area is 302 Å². The summed E-state index contributed by atoms with van der Waals surface area (Å²) in [5, 5.41) is 15.7. The van der Waals surface area contributed by atoms with Crippen LogP contribution in [-0.4, -0.2) is 0 Å². The molecule has 11 aromatic rings. The molecule has 11 aromatic carbocycles. The number of fused-ring (bicyclic) bond motifs is 6. The van der Waals surface area contributed by atoms with Crippen molar-refractivity contribution >= 4 is 64.6 Å². The summed E-state index contributed by atoms with van der Waals surface area (Å²) in [6, 6.07) is 71.7. The summed E-state index contributed by atoms with van der Waals surface area (Å²) in [5.74, 6) is 0. The van der Waals surface area contributed by atoms with E-state index < -0.39 is 0 Å². The average Bonchev–Trinajstić information content (AvgIpc) is 3.22. The summed E-state index contributed by atoms with van der Waals surface area (Å²) in [6.07, 6.45) is 0. The fourth-order valence-electron chi connectivity index (χ4n) is 8.97. The van der Waals surface area contributed by atoms with Gasteiger partial charge in [0.2, 0.25) is 0 Å². The molecule has 0 heteroatoms. The third kappa shape index (κ3) is 4.22. The molecule has 0 radical (unpaired) electrons. The van der Waals surface area contributed by atoms with Gasteiger partial charge in [0.25, 0.3) is 0 Å². The molecule has 0 aliphatic carbocycles. The van der Waals surface area contributed by atoms with Gasteiger partial charge < -0.3 is 0 Å². The molecule has 0 atom stereocenters. The van der Waals surface area contributed by atoms with Gasteiger partial charge in [-0.2, -0.15) is 0 Å². The quantitative estimate of drug-likeness (QED) is 0.131. The second kappa shape index (κ2) is 11.4. The zero-order chi connectivity index (χ0) is 34.2. The Morgan fingerprint density at radius 3 is 1.46 bits per heavy atom. The van der Waals surface area contributed by atoms with Crippen molar-refractivity contribution in [3.05, 3.63) is 194 Å². The molecule has 0 aliphatic rings. The van der Waals surface area contributed by atoms with E-state index in [1.54, 1.807) is 0 Å². The van der Waals surface area contributed by atoms with E-state index in [4.69, 9.17) is 0 Å². The van der Waals surface area contributed by atoms with Gasteiger partial charge in [0.05, 0.1) is 0 Å². The summed E-state index contributed by atoms with van der Waals surface area (Å²) in [7, 11) is 0.